The molecule has 0 saturated carbocycles. The predicted molar refractivity (Wildman–Crippen MR) is 85.2 cm³/mol. The second-order valence-electron chi connectivity index (χ2n) is 4.73. The van der Waals surface area contributed by atoms with Crippen molar-refractivity contribution in [1.82, 2.24) is 10.2 Å². The fraction of sp³-hybridized carbons (Fsp3) is 0.833. The van der Waals surface area contributed by atoms with Gasteiger partial charge in [-0.15, -0.1) is 24.0 Å². The molecule has 0 spiro atoms. The van der Waals surface area contributed by atoms with Gasteiger partial charge in [0.2, 0.25) is 5.91 Å². The largest absolute Gasteiger partial charge is 0.370 e. The number of nitrogens with one attached hydrogen (secondary N) is 1. The summed E-state index contributed by atoms with van der Waals surface area (Å²) in [6.45, 7) is 6.88. The SMILES string of the molecule is CC(C)C(=O)NCCN=C(N)N1CCCCC1.I. The maximum atomic E-state index is 11.3. The Morgan fingerprint density at radius 3 is 2.50 bits per heavy atom. The van der Waals surface area contributed by atoms with Crippen molar-refractivity contribution in [2.75, 3.05) is 26.2 Å². The lowest BCUT2D eigenvalue weighted by Gasteiger charge is -2.27. The molecule has 1 aliphatic rings. The Bertz CT molecular complexity index is 275. The highest BCUT2D eigenvalue weighted by atomic mass is 127. The second-order valence-corrected chi connectivity index (χ2v) is 4.73. The van der Waals surface area contributed by atoms with Crippen molar-refractivity contribution in [1.29, 1.82) is 0 Å². The molecule has 1 amide bonds. The minimum atomic E-state index is 0. The van der Waals surface area contributed by atoms with E-state index in [0.717, 1.165) is 13.1 Å². The molecular weight excluding hydrogens is 343 g/mol. The smallest absolute Gasteiger partial charge is 0.222 e. The van der Waals surface area contributed by atoms with Gasteiger partial charge >= 0.3 is 0 Å². The summed E-state index contributed by atoms with van der Waals surface area (Å²) < 4.78 is 0. The molecular formula is C12H25IN4O. The number of aliphatic imine (C=N–C) groups is 1. The maximum absolute atomic E-state index is 11.3. The van der Waals surface area contributed by atoms with E-state index in [2.05, 4.69) is 15.2 Å². The minimum absolute atomic E-state index is 0. The lowest BCUT2D eigenvalue weighted by molar-refractivity contribution is -0.123. The van der Waals surface area contributed by atoms with Crippen LogP contribution < -0.4 is 11.1 Å². The number of nitrogens with zero attached hydrogens (tertiary/aromatic N) is 2. The normalized spacial score (nSPS) is 16.4. The Morgan fingerprint density at radius 1 is 1.33 bits per heavy atom. The average molecular weight is 368 g/mol. The van der Waals surface area contributed by atoms with Gasteiger partial charge in [0.15, 0.2) is 5.96 Å². The molecule has 18 heavy (non-hydrogen) atoms. The third-order valence-corrected chi connectivity index (χ3v) is 2.89. The Labute approximate surface area is 127 Å². The number of carbonyl (C=O) groups excluding carboxylic acids is 1. The molecule has 6 heteroatoms. The van der Waals surface area contributed by atoms with E-state index in [-0.39, 0.29) is 35.8 Å². The molecule has 3 N–H and O–H groups in total. The number of guanidine groups is 1. The van der Waals surface area contributed by atoms with Gasteiger partial charge in [0.25, 0.3) is 0 Å². The van der Waals surface area contributed by atoms with Gasteiger partial charge < -0.3 is 16.0 Å². The molecule has 1 rings (SSSR count). The zero-order chi connectivity index (χ0) is 12.7. The molecule has 0 aromatic rings. The highest BCUT2D eigenvalue weighted by Crippen LogP contribution is 2.07. The van der Waals surface area contributed by atoms with E-state index < -0.39 is 0 Å². The van der Waals surface area contributed by atoms with Gasteiger partial charge in [0, 0.05) is 25.6 Å². The summed E-state index contributed by atoms with van der Waals surface area (Å²) in [7, 11) is 0. The molecule has 0 unspecified atom stereocenters. The number of carbonyl (C=O) groups is 1. The number of amides is 1. The van der Waals surface area contributed by atoms with Crippen LogP contribution in [0.25, 0.3) is 0 Å². The summed E-state index contributed by atoms with van der Waals surface area (Å²) in [6, 6.07) is 0. The van der Waals surface area contributed by atoms with Crippen molar-refractivity contribution in [3.8, 4) is 0 Å². The Balaban J connectivity index is 0.00000289. The van der Waals surface area contributed by atoms with Crippen LogP contribution in [-0.2, 0) is 4.79 Å². The fourth-order valence-electron chi connectivity index (χ4n) is 1.78. The van der Waals surface area contributed by atoms with E-state index in [1.54, 1.807) is 0 Å². The lowest BCUT2D eigenvalue weighted by Crippen LogP contribution is -2.41. The van der Waals surface area contributed by atoms with E-state index in [1.807, 2.05) is 13.8 Å². The van der Waals surface area contributed by atoms with Crippen LogP contribution in [0.4, 0.5) is 0 Å². The highest BCUT2D eigenvalue weighted by Gasteiger charge is 2.11. The van der Waals surface area contributed by atoms with E-state index in [4.69, 9.17) is 5.73 Å². The number of rotatable bonds is 4. The van der Waals surface area contributed by atoms with Gasteiger partial charge in [-0.25, -0.2) is 0 Å². The third kappa shape index (κ3) is 6.42. The van der Waals surface area contributed by atoms with Crippen LogP contribution in [0.1, 0.15) is 33.1 Å². The molecule has 0 atom stereocenters. The molecule has 1 saturated heterocycles. The van der Waals surface area contributed by atoms with E-state index in [9.17, 15) is 4.79 Å². The van der Waals surface area contributed by atoms with Crippen molar-refractivity contribution < 1.29 is 4.79 Å². The summed E-state index contributed by atoms with van der Waals surface area (Å²) in [5.41, 5.74) is 5.89. The number of hydrogen-bond donors (Lipinski definition) is 2. The van der Waals surface area contributed by atoms with Crippen LogP contribution in [0.3, 0.4) is 0 Å². The van der Waals surface area contributed by atoms with Crippen molar-refractivity contribution in [2.24, 2.45) is 16.6 Å². The van der Waals surface area contributed by atoms with Crippen molar-refractivity contribution in [3.05, 3.63) is 0 Å². The number of halogens is 1. The quantitative estimate of drug-likeness (QED) is 0.339. The molecule has 1 heterocycles. The van der Waals surface area contributed by atoms with Crippen LogP contribution in [0.5, 0.6) is 0 Å². The molecule has 106 valence electrons. The third-order valence-electron chi connectivity index (χ3n) is 2.89. The monoisotopic (exact) mass is 368 g/mol. The van der Waals surface area contributed by atoms with Gasteiger partial charge in [0.05, 0.1) is 6.54 Å². The first-order valence-corrected chi connectivity index (χ1v) is 6.44. The molecule has 0 aromatic carbocycles. The zero-order valence-corrected chi connectivity index (χ0v) is 13.6. The van der Waals surface area contributed by atoms with Crippen molar-refractivity contribution in [3.63, 3.8) is 0 Å². The summed E-state index contributed by atoms with van der Waals surface area (Å²) in [4.78, 5) is 17.7. The summed E-state index contributed by atoms with van der Waals surface area (Å²) >= 11 is 0. The van der Waals surface area contributed by atoms with E-state index in [0.29, 0.717) is 19.0 Å². The minimum Gasteiger partial charge on any atom is -0.370 e. The first-order chi connectivity index (χ1) is 8.11. The topological polar surface area (TPSA) is 70.7 Å². The van der Waals surface area contributed by atoms with Crippen molar-refractivity contribution in [2.45, 2.75) is 33.1 Å². The molecule has 1 aliphatic heterocycles. The highest BCUT2D eigenvalue weighted by molar-refractivity contribution is 14.0. The Hall–Kier alpha value is -0.530. The first kappa shape index (κ1) is 17.5. The summed E-state index contributed by atoms with van der Waals surface area (Å²) in [5.74, 6) is 0.707. The molecule has 0 aliphatic carbocycles. The van der Waals surface area contributed by atoms with Gasteiger partial charge in [-0.3, -0.25) is 9.79 Å². The Morgan fingerprint density at radius 2 is 1.94 bits per heavy atom. The number of likely N-dealkylation sites (tertiary alicyclic amines) is 1. The average Bonchev–Trinajstić information content (AvgIpc) is 2.35. The number of hydrogen-bond acceptors (Lipinski definition) is 2. The number of nitrogens with two attached hydrogens (primary N) is 1. The second kappa shape index (κ2) is 9.41. The maximum Gasteiger partial charge on any atom is 0.222 e. The van der Waals surface area contributed by atoms with Crippen LogP contribution in [0, 0.1) is 5.92 Å². The number of piperidine rings is 1. The van der Waals surface area contributed by atoms with Crippen molar-refractivity contribution >= 4 is 35.8 Å². The van der Waals surface area contributed by atoms with Gasteiger partial charge in [-0.05, 0) is 19.3 Å². The molecule has 1 fully saturated rings. The predicted octanol–water partition coefficient (Wildman–Crippen LogP) is 1.18. The summed E-state index contributed by atoms with van der Waals surface area (Å²) in [5, 5.41) is 2.82. The van der Waals surface area contributed by atoms with E-state index >= 15 is 0 Å². The van der Waals surface area contributed by atoms with E-state index in [1.165, 1.54) is 19.3 Å². The van der Waals surface area contributed by atoms with Crippen LogP contribution in [0.2, 0.25) is 0 Å². The summed E-state index contributed by atoms with van der Waals surface area (Å²) in [6.07, 6.45) is 3.68. The van der Waals surface area contributed by atoms with Crippen LogP contribution >= 0.6 is 24.0 Å². The fourth-order valence-corrected chi connectivity index (χ4v) is 1.78. The zero-order valence-electron chi connectivity index (χ0n) is 11.3. The standard InChI is InChI=1S/C12H24N4O.HI/c1-10(2)11(17)14-6-7-15-12(13)16-8-4-3-5-9-16;/h10H,3-9H2,1-2H3,(H2,13,15)(H,14,17);1H. The first-order valence-electron chi connectivity index (χ1n) is 6.44. The molecule has 0 radical (unpaired) electrons. The lowest BCUT2D eigenvalue weighted by atomic mass is 10.1. The van der Waals surface area contributed by atoms with Crippen LogP contribution in [-0.4, -0.2) is 42.9 Å². The van der Waals surface area contributed by atoms with Gasteiger partial charge in [0.1, 0.15) is 0 Å². The molecule has 0 bridgehead atoms. The molecule has 5 nitrogen and oxygen atoms in total. The van der Waals surface area contributed by atoms with Gasteiger partial charge in [-0.2, -0.15) is 0 Å². The van der Waals surface area contributed by atoms with Crippen LogP contribution in [0.15, 0.2) is 4.99 Å². The van der Waals surface area contributed by atoms with Gasteiger partial charge in [-0.1, -0.05) is 13.8 Å². The molecule has 0 aromatic heterocycles. The Kier molecular flexibility index (Phi) is 9.13.